The molecule has 1 aromatic carbocycles. The van der Waals surface area contributed by atoms with Crippen molar-refractivity contribution in [3.05, 3.63) is 29.3 Å². The van der Waals surface area contributed by atoms with Gasteiger partial charge in [-0.25, -0.2) is 0 Å². The maximum absolute atomic E-state index is 12.3. The highest BCUT2D eigenvalue weighted by Gasteiger charge is 2.11. The van der Waals surface area contributed by atoms with Gasteiger partial charge in [0, 0.05) is 77.7 Å². The van der Waals surface area contributed by atoms with Crippen LogP contribution in [0.2, 0.25) is 0 Å². The summed E-state index contributed by atoms with van der Waals surface area (Å²) >= 11 is 0. The summed E-state index contributed by atoms with van der Waals surface area (Å²) in [6.07, 6.45) is 2.15. The van der Waals surface area contributed by atoms with Crippen LogP contribution in [0.3, 0.4) is 0 Å². The molecule has 0 fully saturated rings. The van der Waals surface area contributed by atoms with Crippen molar-refractivity contribution < 1.29 is 24.5 Å². The quantitative estimate of drug-likeness (QED) is 0.105. The molecule has 0 unspecified atom stereocenters. The van der Waals surface area contributed by atoms with E-state index in [-0.39, 0.29) is 24.7 Å². The minimum Gasteiger partial charge on any atom is -0.392 e. The second-order valence-electron chi connectivity index (χ2n) is 10.5. The number of nitrogens with zero attached hydrogens (tertiary/aromatic N) is 1. The first-order valence-corrected chi connectivity index (χ1v) is 14.5. The minimum absolute atomic E-state index is 0.0406. The molecule has 0 spiro atoms. The molecule has 39 heavy (non-hydrogen) atoms. The first kappa shape index (κ1) is 35.2. The lowest BCUT2D eigenvalue weighted by molar-refractivity contribution is -0.121. The molecule has 0 aliphatic heterocycles. The Morgan fingerprint density at radius 1 is 0.821 bits per heavy atom. The molecular formula is C29H55N5O5. The zero-order valence-electron chi connectivity index (χ0n) is 24.8. The summed E-state index contributed by atoms with van der Waals surface area (Å²) in [5.74, 6) is 0.0406. The van der Waals surface area contributed by atoms with Gasteiger partial charge in [-0.2, -0.15) is 0 Å². The van der Waals surface area contributed by atoms with Gasteiger partial charge in [0.05, 0.1) is 25.4 Å². The Bertz CT molecular complexity index is 738. The molecule has 10 nitrogen and oxygen atoms in total. The first-order chi connectivity index (χ1) is 18.8. The molecule has 0 radical (unpaired) electrons. The van der Waals surface area contributed by atoms with Crippen molar-refractivity contribution in [3.63, 3.8) is 0 Å². The number of benzene rings is 1. The van der Waals surface area contributed by atoms with Gasteiger partial charge in [-0.1, -0.05) is 6.07 Å². The van der Waals surface area contributed by atoms with Crippen LogP contribution in [0.5, 0.6) is 0 Å². The van der Waals surface area contributed by atoms with E-state index in [0.29, 0.717) is 45.7 Å². The zero-order chi connectivity index (χ0) is 28.8. The third kappa shape index (κ3) is 19.0. The van der Waals surface area contributed by atoms with E-state index in [2.05, 4.69) is 46.9 Å². The van der Waals surface area contributed by atoms with Crippen molar-refractivity contribution in [2.45, 2.75) is 65.8 Å². The topological polar surface area (TPSA) is 127 Å². The number of aliphatic hydroxyl groups is 2. The molecule has 1 rings (SSSR count). The van der Waals surface area contributed by atoms with Crippen LogP contribution in [0, 0.1) is 0 Å². The monoisotopic (exact) mass is 553 g/mol. The normalized spacial score (nSPS) is 11.6. The average Bonchev–Trinajstić information content (AvgIpc) is 2.91. The molecule has 0 atom stereocenters. The summed E-state index contributed by atoms with van der Waals surface area (Å²) in [6, 6.07) is 5.64. The van der Waals surface area contributed by atoms with E-state index in [4.69, 9.17) is 9.47 Å². The lowest BCUT2D eigenvalue weighted by atomic mass is 10.1. The Morgan fingerprint density at radius 3 is 1.97 bits per heavy atom. The second kappa shape index (κ2) is 22.0. The molecule has 1 aromatic rings. The number of amides is 1. The maximum atomic E-state index is 12.3. The fraction of sp³-hybridized carbons (Fsp3) is 0.759. The lowest BCUT2D eigenvalue weighted by Crippen LogP contribution is -2.36. The number of aliphatic hydroxyl groups excluding tert-OH is 2. The van der Waals surface area contributed by atoms with Crippen LogP contribution in [-0.2, 0) is 27.5 Å². The Hall–Kier alpha value is -1.79. The number of hydrogen-bond donors (Lipinski definition) is 6. The van der Waals surface area contributed by atoms with E-state index in [1.54, 1.807) is 6.07 Å². The molecular weight excluding hydrogens is 498 g/mol. The molecule has 0 saturated heterocycles. The number of hydrogen-bond acceptors (Lipinski definition) is 9. The fourth-order valence-corrected chi connectivity index (χ4v) is 3.91. The standard InChI is InChI=1S/C29H55N5O5/c1-5-38-19-17-34(27-21-25(23-35)20-26(22-27)24-36)16-6-8-28(37)33-15-14-32-13-12-31-11-10-30-9-7-18-39-29(2,3)4/h20-22,30-32,35-36H,5-19,23-24H2,1-4H3,(H,33,37). The summed E-state index contributed by atoms with van der Waals surface area (Å²) in [5, 5.41) is 32.3. The zero-order valence-corrected chi connectivity index (χ0v) is 24.8. The first-order valence-electron chi connectivity index (χ1n) is 14.5. The van der Waals surface area contributed by atoms with E-state index in [1.807, 2.05) is 19.1 Å². The third-order valence-corrected chi connectivity index (χ3v) is 5.92. The molecule has 0 aromatic heterocycles. The number of anilines is 1. The minimum atomic E-state index is -0.0853. The number of rotatable bonds is 24. The molecule has 0 heterocycles. The predicted molar refractivity (Wildman–Crippen MR) is 158 cm³/mol. The van der Waals surface area contributed by atoms with Gasteiger partial charge in [-0.3, -0.25) is 4.79 Å². The summed E-state index contributed by atoms with van der Waals surface area (Å²) in [5.41, 5.74) is 2.37. The summed E-state index contributed by atoms with van der Waals surface area (Å²) < 4.78 is 11.2. The highest BCUT2D eigenvalue weighted by atomic mass is 16.5. The van der Waals surface area contributed by atoms with Crippen LogP contribution in [-0.4, -0.2) is 100 Å². The highest BCUT2D eigenvalue weighted by molar-refractivity contribution is 5.75. The van der Waals surface area contributed by atoms with Crippen LogP contribution in [0.4, 0.5) is 5.69 Å². The molecule has 226 valence electrons. The van der Waals surface area contributed by atoms with Gasteiger partial charge in [-0.05, 0) is 70.3 Å². The Morgan fingerprint density at radius 2 is 1.41 bits per heavy atom. The van der Waals surface area contributed by atoms with Crippen molar-refractivity contribution in [1.29, 1.82) is 0 Å². The summed E-state index contributed by atoms with van der Waals surface area (Å²) in [4.78, 5) is 14.4. The van der Waals surface area contributed by atoms with Gasteiger partial charge in [0.25, 0.3) is 0 Å². The molecule has 0 saturated carbocycles. The number of nitrogens with one attached hydrogen (secondary N) is 4. The second-order valence-corrected chi connectivity index (χ2v) is 10.5. The maximum Gasteiger partial charge on any atom is 0.220 e. The summed E-state index contributed by atoms with van der Waals surface area (Å²) in [6.45, 7) is 17.3. The van der Waals surface area contributed by atoms with Gasteiger partial charge in [0.15, 0.2) is 0 Å². The predicted octanol–water partition coefficient (Wildman–Crippen LogP) is 1.38. The van der Waals surface area contributed by atoms with Crippen LogP contribution >= 0.6 is 0 Å². The molecule has 0 aliphatic rings. The summed E-state index contributed by atoms with van der Waals surface area (Å²) in [7, 11) is 0. The average molecular weight is 554 g/mol. The molecule has 6 N–H and O–H groups in total. The van der Waals surface area contributed by atoms with Crippen LogP contribution in [0.1, 0.15) is 58.1 Å². The SMILES string of the molecule is CCOCCN(CCCC(=O)NCCNCCNCCNCCCOC(C)(C)C)c1cc(CO)cc(CO)c1. The van der Waals surface area contributed by atoms with Gasteiger partial charge in [0.1, 0.15) is 0 Å². The van der Waals surface area contributed by atoms with Crippen molar-refractivity contribution in [2.24, 2.45) is 0 Å². The molecule has 1 amide bonds. The smallest absolute Gasteiger partial charge is 0.220 e. The van der Waals surface area contributed by atoms with Gasteiger partial charge in [-0.15, -0.1) is 0 Å². The van der Waals surface area contributed by atoms with Crippen LogP contribution < -0.4 is 26.2 Å². The van der Waals surface area contributed by atoms with Crippen LogP contribution in [0.25, 0.3) is 0 Å². The van der Waals surface area contributed by atoms with Crippen LogP contribution in [0.15, 0.2) is 18.2 Å². The molecule has 0 aliphatic carbocycles. The number of carbonyl (C=O) groups excluding carboxylic acids is 1. The van der Waals surface area contributed by atoms with Gasteiger partial charge >= 0.3 is 0 Å². The fourth-order valence-electron chi connectivity index (χ4n) is 3.91. The van der Waals surface area contributed by atoms with Crippen molar-refractivity contribution >= 4 is 11.6 Å². The van der Waals surface area contributed by atoms with Crippen molar-refractivity contribution in [2.75, 3.05) is 83.6 Å². The lowest BCUT2D eigenvalue weighted by Gasteiger charge is -2.26. The van der Waals surface area contributed by atoms with E-state index in [1.165, 1.54) is 0 Å². The van der Waals surface area contributed by atoms with Crippen molar-refractivity contribution in [1.82, 2.24) is 21.3 Å². The Kier molecular flexibility index (Phi) is 19.8. The highest BCUT2D eigenvalue weighted by Crippen LogP contribution is 2.20. The third-order valence-electron chi connectivity index (χ3n) is 5.92. The van der Waals surface area contributed by atoms with E-state index < -0.39 is 0 Å². The van der Waals surface area contributed by atoms with Gasteiger partial charge in [0.2, 0.25) is 5.91 Å². The Labute approximate surface area is 236 Å². The largest absolute Gasteiger partial charge is 0.392 e. The van der Waals surface area contributed by atoms with E-state index in [0.717, 1.165) is 69.1 Å². The Balaban J connectivity index is 2.14. The van der Waals surface area contributed by atoms with Gasteiger partial charge < -0.3 is 45.9 Å². The molecule has 10 heteroatoms. The van der Waals surface area contributed by atoms with Crippen molar-refractivity contribution in [3.8, 4) is 0 Å². The number of carbonyl (C=O) groups is 1. The number of ether oxygens (including phenoxy) is 2. The molecule has 0 bridgehead atoms. The van der Waals surface area contributed by atoms with E-state index >= 15 is 0 Å². The van der Waals surface area contributed by atoms with E-state index in [9.17, 15) is 15.0 Å².